The van der Waals surface area contributed by atoms with Crippen LogP contribution in [0.25, 0.3) is 0 Å². The van der Waals surface area contributed by atoms with Gasteiger partial charge in [-0.3, -0.25) is 19.3 Å². The van der Waals surface area contributed by atoms with Crippen molar-refractivity contribution in [2.45, 2.75) is 66.0 Å². The summed E-state index contributed by atoms with van der Waals surface area (Å²) in [5.74, 6) is -0.801. The topological polar surface area (TPSA) is 91.7 Å². The first-order chi connectivity index (χ1) is 17.4. The minimum Gasteiger partial charge on any atom is -0.459 e. The number of carbonyl (C=O) groups excluding carboxylic acids is 3. The highest BCUT2D eigenvalue weighted by Crippen LogP contribution is 2.33. The van der Waals surface area contributed by atoms with Crippen molar-refractivity contribution in [2.75, 3.05) is 11.4 Å². The van der Waals surface area contributed by atoms with E-state index >= 15 is 0 Å². The Bertz CT molecular complexity index is 1240. The molecule has 0 bridgehead atoms. The highest BCUT2D eigenvalue weighted by atomic mass is 16.3. The zero-order valence-corrected chi connectivity index (χ0v) is 22.7. The van der Waals surface area contributed by atoms with Crippen molar-refractivity contribution in [1.29, 1.82) is 0 Å². The average Bonchev–Trinajstić information content (AvgIpc) is 3.37. The summed E-state index contributed by atoms with van der Waals surface area (Å²) in [6.07, 6.45) is 1.40. The van der Waals surface area contributed by atoms with E-state index in [1.165, 1.54) is 17.2 Å². The third kappa shape index (κ3) is 6.88. The van der Waals surface area contributed by atoms with Crippen molar-refractivity contribution in [2.24, 2.45) is 0 Å². The molecule has 0 aliphatic heterocycles. The summed E-state index contributed by atoms with van der Waals surface area (Å²) in [5, 5.41) is 5.68. The lowest BCUT2D eigenvalue weighted by atomic mass is 9.95. The molecule has 3 aromatic rings. The maximum Gasteiger partial charge on any atom is 0.287 e. The number of furan rings is 1. The molecule has 0 saturated carbocycles. The Morgan fingerprint density at radius 2 is 1.57 bits per heavy atom. The Balaban J connectivity index is 2.09. The summed E-state index contributed by atoms with van der Waals surface area (Å²) in [6, 6.07) is 15.6. The number of aryl methyl sites for hydroxylation is 1. The predicted molar refractivity (Wildman–Crippen MR) is 146 cm³/mol. The fraction of sp³-hybridized carbons (Fsp3) is 0.367. The normalized spacial score (nSPS) is 12.2. The summed E-state index contributed by atoms with van der Waals surface area (Å²) < 4.78 is 5.15. The van der Waals surface area contributed by atoms with Crippen LogP contribution in [0, 0.1) is 13.8 Å². The van der Waals surface area contributed by atoms with Crippen LogP contribution in [0.3, 0.4) is 0 Å². The number of hydrogen-bond acceptors (Lipinski definition) is 4. The number of carbonyl (C=O) groups is 3. The first-order valence-electron chi connectivity index (χ1n) is 12.5. The zero-order valence-electron chi connectivity index (χ0n) is 22.7. The van der Waals surface area contributed by atoms with Crippen LogP contribution >= 0.6 is 0 Å². The molecular weight excluding hydrogens is 466 g/mol. The average molecular weight is 504 g/mol. The molecule has 7 heteroatoms. The van der Waals surface area contributed by atoms with Crippen molar-refractivity contribution in [1.82, 2.24) is 10.6 Å². The molecule has 1 atom stereocenters. The van der Waals surface area contributed by atoms with Gasteiger partial charge < -0.3 is 15.1 Å². The Labute approximate surface area is 219 Å². The van der Waals surface area contributed by atoms with Gasteiger partial charge in [0.2, 0.25) is 11.8 Å². The Kier molecular flexibility index (Phi) is 8.58. The summed E-state index contributed by atoms with van der Waals surface area (Å²) in [5.41, 5.74) is 3.77. The Morgan fingerprint density at radius 3 is 2.14 bits per heavy atom. The highest BCUT2D eigenvalue weighted by Gasteiger charge is 2.35. The third-order valence-electron chi connectivity index (χ3n) is 6.17. The van der Waals surface area contributed by atoms with Gasteiger partial charge in [-0.2, -0.15) is 0 Å². The lowest BCUT2D eigenvalue weighted by Gasteiger charge is -2.35. The SMILES string of the molecule is Cc1cccc(N(C(=O)CNC(=O)c2ccco2)[C@H](C(=O)NC(C)(C)C)c2ccc(C(C)C)cc2)c1C. The van der Waals surface area contributed by atoms with E-state index in [-0.39, 0.29) is 18.2 Å². The number of nitrogens with one attached hydrogen (secondary N) is 2. The first-order valence-corrected chi connectivity index (χ1v) is 12.5. The molecule has 0 unspecified atom stereocenters. The van der Waals surface area contributed by atoms with Crippen molar-refractivity contribution < 1.29 is 18.8 Å². The number of anilines is 1. The quantitative estimate of drug-likeness (QED) is 0.428. The van der Waals surface area contributed by atoms with E-state index in [4.69, 9.17) is 4.42 Å². The van der Waals surface area contributed by atoms with Gasteiger partial charge in [0.25, 0.3) is 5.91 Å². The summed E-state index contributed by atoms with van der Waals surface area (Å²) in [4.78, 5) is 41.6. The molecule has 2 N–H and O–H groups in total. The second-order valence-corrected chi connectivity index (χ2v) is 10.6. The van der Waals surface area contributed by atoms with Crippen LogP contribution < -0.4 is 15.5 Å². The fourth-order valence-electron chi connectivity index (χ4n) is 4.07. The van der Waals surface area contributed by atoms with Crippen molar-refractivity contribution in [3.05, 3.63) is 88.9 Å². The lowest BCUT2D eigenvalue weighted by Crippen LogP contribution is -2.51. The molecule has 37 heavy (non-hydrogen) atoms. The van der Waals surface area contributed by atoms with E-state index in [9.17, 15) is 14.4 Å². The van der Waals surface area contributed by atoms with Crippen molar-refractivity contribution in [3.63, 3.8) is 0 Å². The number of nitrogens with zero attached hydrogens (tertiary/aromatic N) is 1. The van der Waals surface area contributed by atoms with Gasteiger partial charge in [-0.25, -0.2) is 0 Å². The highest BCUT2D eigenvalue weighted by molar-refractivity contribution is 6.04. The summed E-state index contributed by atoms with van der Waals surface area (Å²) in [7, 11) is 0. The van der Waals surface area contributed by atoms with E-state index in [1.807, 2.05) is 77.1 Å². The van der Waals surface area contributed by atoms with Gasteiger partial charge in [-0.1, -0.05) is 50.2 Å². The number of benzene rings is 2. The second kappa shape index (κ2) is 11.5. The van der Waals surface area contributed by atoms with Crippen LogP contribution in [0.5, 0.6) is 0 Å². The fourth-order valence-corrected chi connectivity index (χ4v) is 4.07. The zero-order chi connectivity index (χ0) is 27.3. The van der Waals surface area contributed by atoms with E-state index in [2.05, 4.69) is 24.5 Å². The minimum absolute atomic E-state index is 0.109. The molecule has 196 valence electrons. The van der Waals surface area contributed by atoms with Crippen LogP contribution in [0.1, 0.15) is 79.4 Å². The van der Waals surface area contributed by atoms with Crippen LogP contribution in [0.4, 0.5) is 5.69 Å². The molecule has 0 radical (unpaired) electrons. The molecule has 7 nitrogen and oxygen atoms in total. The molecule has 0 aliphatic carbocycles. The van der Waals surface area contributed by atoms with Gasteiger partial charge in [-0.05, 0) is 81.0 Å². The molecule has 0 spiro atoms. The van der Waals surface area contributed by atoms with Crippen LogP contribution in [-0.4, -0.2) is 29.8 Å². The second-order valence-electron chi connectivity index (χ2n) is 10.6. The number of rotatable bonds is 8. The Morgan fingerprint density at radius 1 is 0.919 bits per heavy atom. The van der Waals surface area contributed by atoms with Crippen LogP contribution in [0.15, 0.2) is 65.3 Å². The van der Waals surface area contributed by atoms with Crippen LogP contribution in [-0.2, 0) is 9.59 Å². The largest absolute Gasteiger partial charge is 0.459 e. The van der Waals surface area contributed by atoms with Crippen LogP contribution in [0.2, 0.25) is 0 Å². The van der Waals surface area contributed by atoms with Gasteiger partial charge in [0.1, 0.15) is 6.04 Å². The summed E-state index contributed by atoms with van der Waals surface area (Å²) >= 11 is 0. The lowest BCUT2D eigenvalue weighted by molar-refractivity contribution is -0.127. The molecule has 0 fully saturated rings. The predicted octanol–water partition coefficient (Wildman–Crippen LogP) is 5.44. The maximum atomic E-state index is 13.8. The molecule has 1 heterocycles. The molecule has 1 aromatic heterocycles. The monoisotopic (exact) mass is 503 g/mol. The van der Waals surface area contributed by atoms with Crippen molar-refractivity contribution in [3.8, 4) is 0 Å². The minimum atomic E-state index is -0.950. The van der Waals surface area contributed by atoms with Gasteiger partial charge >= 0.3 is 0 Å². The van der Waals surface area contributed by atoms with E-state index in [0.717, 1.165) is 16.7 Å². The van der Waals surface area contributed by atoms with E-state index in [0.29, 0.717) is 17.2 Å². The van der Waals surface area contributed by atoms with E-state index < -0.39 is 23.4 Å². The maximum absolute atomic E-state index is 13.8. The van der Waals surface area contributed by atoms with Gasteiger partial charge in [0.05, 0.1) is 12.8 Å². The molecule has 0 saturated heterocycles. The molecular formula is C30H37N3O4. The third-order valence-corrected chi connectivity index (χ3v) is 6.17. The van der Waals surface area contributed by atoms with E-state index in [1.54, 1.807) is 6.07 Å². The van der Waals surface area contributed by atoms with Crippen molar-refractivity contribution >= 4 is 23.4 Å². The van der Waals surface area contributed by atoms with Gasteiger partial charge in [-0.15, -0.1) is 0 Å². The number of amides is 3. The number of hydrogen-bond donors (Lipinski definition) is 2. The first kappa shape index (κ1) is 27.7. The van der Waals surface area contributed by atoms with Gasteiger partial charge in [0, 0.05) is 11.2 Å². The standard InChI is InChI=1S/C30H37N3O4/c1-19(2)22-13-15-23(16-14-22)27(29(36)32-30(5,6)7)33(24-11-8-10-20(3)21(24)4)26(34)18-31-28(35)25-12-9-17-37-25/h8-17,19,27H,18H2,1-7H3,(H,31,35)(H,32,36)/t27-/m0/s1. The smallest absolute Gasteiger partial charge is 0.287 e. The summed E-state index contributed by atoms with van der Waals surface area (Å²) in [6.45, 7) is 13.5. The van der Waals surface area contributed by atoms with Gasteiger partial charge in [0.15, 0.2) is 5.76 Å². The Hall–Kier alpha value is -3.87. The molecule has 2 aromatic carbocycles. The molecule has 3 amide bonds. The molecule has 3 rings (SSSR count). The molecule has 0 aliphatic rings.